The molecule has 1 aromatic rings. The van der Waals surface area contributed by atoms with Gasteiger partial charge in [-0.05, 0) is 37.5 Å². The second-order valence-electron chi connectivity index (χ2n) is 5.81. The van der Waals surface area contributed by atoms with Gasteiger partial charge in [0.2, 0.25) is 0 Å². The Morgan fingerprint density at radius 2 is 2.09 bits per heavy atom. The molecule has 3 rings (SSSR count). The highest BCUT2D eigenvalue weighted by atomic mass is 16.6. The average molecular weight is 320 g/mol. The Balaban J connectivity index is 1.56. The topological polar surface area (TPSA) is 60.0 Å². The fourth-order valence-electron chi connectivity index (χ4n) is 2.85. The Kier molecular flexibility index (Phi) is 5.23. The smallest absolute Gasteiger partial charge is 0.317 e. The summed E-state index contributed by atoms with van der Waals surface area (Å²) in [5, 5.41) is 2.96. The molecule has 1 fully saturated rings. The van der Waals surface area contributed by atoms with Gasteiger partial charge in [-0.3, -0.25) is 0 Å². The van der Waals surface area contributed by atoms with Crippen LogP contribution in [0.2, 0.25) is 0 Å². The van der Waals surface area contributed by atoms with Crippen LogP contribution in [-0.2, 0) is 11.3 Å². The summed E-state index contributed by atoms with van der Waals surface area (Å²) in [6.45, 7) is 5.69. The van der Waals surface area contributed by atoms with Gasteiger partial charge in [-0.1, -0.05) is 6.07 Å². The Hall–Kier alpha value is -1.95. The summed E-state index contributed by atoms with van der Waals surface area (Å²) in [6, 6.07) is 5.77. The monoisotopic (exact) mass is 320 g/mol. The molecule has 6 heteroatoms. The van der Waals surface area contributed by atoms with Crippen molar-refractivity contribution in [1.29, 1.82) is 0 Å². The number of carbonyl (C=O) groups is 1. The number of benzene rings is 1. The molecule has 0 unspecified atom stereocenters. The zero-order chi connectivity index (χ0) is 16.1. The number of urea groups is 1. The van der Waals surface area contributed by atoms with E-state index in [1.807, 2.05) is 25.1 Å². The summed E-state index contributed by atoms with van der Waals surface area (Å²) in [5.41, 5.74) is 1.03. The third-order valence-corrected chi connectivity index (χ3v) is 4.15. The van der Waals surface area contributed by atoms with Gasteiger partial charge in [0.1, 0.15) is 13.2 Å². The van der Waals surface area contributed by atoms with E-state index in [2.05, 4.69) is 5.32 Å². The van der Waals surface area contributed by atoms with E-state index >= 15 is 0 Å². The average Bonchev–Trinajstić information content (AvgIpc) is 3.11. The molecule has 2 heterocycles. The van der Waals surface area contributed by atoms with E-state index in [1.54, 1.807) is 4.90 Å². The highest BCUT2D eigenvalue weighted by molar-refractivity contribution is 5.74. The number of nitrogens with one attached hydrogen (secondary N) is 1. The highest BCUT2D eigenvalue weighted by Gasteiger charge is 2.19. The maximum atomic E-state index is 12.3. The predicted octanol–water partition coefficient (Wildman–Crippen LogP) is 2.17. The predicted molar refractivity (Wildman–Crippen MR) is 85.9 cm³/mol. The van der Waals surface area contributed by atoms with Crippen LogP contribution < -0.4 is 14.8 Å². The Bertz CT molecular complexity index is 543. The SMILES string of the molecule is CCN(Cc1ccc2c(c1)OCCO2)C(=O)NC[C@H]1CCCO1. The largest absolute Gasteiger partial charge is 0.486 e. The first kappa shape index (κ1) is 15.9. The summed E-state index contributed by atoms with van der Waals surface area (Å²) in [7, 11) is 0. The highest BCUT2D eigenvalue weighted by Crippen LogP contribution is 2.31. The normalized spacial score (nSPS) is 19.4. The van der Waals surface area contributed by atoms with Crippen LogP contribution in [-0.4, -0.2) is 49.9 Å². The van der Waals surface area contributed by atoms with Crippen molar-refractivity contribution in [3.8, 4) is 11.5 Å². The fourth-order valence-corrected chi connectivity index (χ4v) is 2.85. The number of nitrogens with zero attached hydrogens (tertiary/aromatic N) is 1. The second-order valence-corrected chi connectivity index (χ2v) is 5.81. The molecule has 126 valence electrons. The van der Waals surface area contributed by atoms with Crippen LogP contribution in [0.1, 0.15) is 25.3 Å². The molecule has 1 aromatic carbocycles. The molecule has 6 nitrogen and oxygen atoms in total. The number of rotatable bonds is 5. The molecular formula is C17H24N2O4. The second kappa shape index (κ2) is 7.55. The molecule has 1 N–H and O–H groups in total. The lowest BCUT2D eigenvalue weighted by atomic mass is 10.2. The van der Waals surface area contributed by atoms with E-state index in [0.29, 0.717) is 32.8 Å². The van der Waals surface area contributed by atoms with Crippen molar-refractivity contribution in [2.45, 2.75) is 32.4 Å². The van der Waals surface area contributed by atoms with Gasteiger partial charge in [-0.25, -0.2) is 4.79 Å². The number of amides is 2. The number of hydrogen-bond donors (Lipinski definition) is 1. The maximum absolute atomic E-state index is 12.3. The molecule has 23 heavy (non-hydrogen) atoms. The van der Waals surface area contributed by atoms with Gasteiger partial charge in [0.15, 0.2) is 11.5 Å². The molecule has 1 atom stereocenters. The minimum atomic E-state index is -0.0575. The molecular weight excluding hydrogens is 296 g/mol. The lowest BCUT2D eigenvalue weighted by Gasteiger charge is -2.24. The third-order valence-electron chi connectivity index (χ3n) is 4.15. The zero-order valence-corrected chi connectivity index (χ0v) is 13.5. The summed E-state index contributed by atoms with van der Waals surface area (Å²) in [5.74, 6) is 1.52. The quantitative estimate of drug-likeness (QED) is 0.903. The number of ether oxygens (including phenoxy) is 3. The summed E-state index contributed by atoms with van der Waals surface area (Å²) in [6.07, 6.45) is 2.26. The Morgan fingerprint density at radius 1 is 1.26 bits per heavy atom. The van der Waals surface area contributed by atoms with Crippen molar-refractivity contribution in [3.63, 3.8) is 0 Å². The van der Waals surface area contributed by atoms with Crippen LogP contribution >= 0.6 is 0 Å². The minimum Gasteiger partial charge on any atom is -0.486 e. The molecule has 0 bridgehead atoms. The van der Waals surface area contributed by atoms with Crippen LogP contribution in [0, 0.1) is 0 Å². The van der Waals surface area contributed by atoms with Crippen molar-refractivity contribution >= 4 is 6.03 Å². The van der Waals surface area contributed by atoms with E-state index in [1.165, 1.54) is 0 Å². The molecule has 0 spiro atoms. The third kappa shape index (κ3) is 4.07. The van der Waals surface area contributed by atoms with Gasteiger partial charge in [-0.15, -0.1) is 0 Å². The number of fused-ring (bicyclic) bond motifs is 1. The van der Waals surface area contributed by atoms with E-state index in [0.717, 1.165) is 36.5 Å². The molecule has 0 saturated carbocycles. The summed E-state index contributed by atoms with van der Waals surface area (Å²) in [4.78, 5) is 14.1. The standard InChI is InChI=1S/C17H24N2O4/c1-2-19(17(20)18-11-14-4-3-7-21-14)12-13-5-6-15-16(10-13)23-9-8-22-15/h5-6,10,14H,2-4,7-9,11-12H2,1H3,(H,18,20)/t14-/m1/s1. The molecule has 2 aliphatic heterocycles. The Labute approximate surface area is 136 Å². The first-order valence-electron chi connectivity index (χ1n) is 8.29. The van der Waals surface area contributed by atoms with Crippen molar-refractivity contribution < 1.29 is 19.0 Å². The lowest BCUT2D eigenvalue weighted by molar-refractivity contribution is 0.109. The lowest BCUT2D eigenvalue weighted by Crippen LogP contribution is -2.42. The van der Waals surface area contributed by atoms with Crippen molar-refractivity contribution in [3.05, 3.63) is 23.8 Å². The van der Waals surface area contributed by atoms with Crippen LogP contribution in [0.4, 0.5) is 4.79 Å². The van der Waals surface area contributed by atoms with Gasteiger partial charge < -0.3 is 24.4 Å². The van der Waals surface area contributed by atoms with E-state index < -0.39 is 0 Å². The van der Waals surface area contributed by atoms with Gasteiger partial charge in [-0.2, -0.15) is 0 Å². The van der Waals surface area contributed by atoms with Crippen LogP contribution in [0.25, 0.3) is 0 Å². The Morgan fingerprint density at radius 3 is 2.83 bits per heavy atom. The summed E-state index contributed by atoms with van der Waals surface area (Å²) >= 11 is 0. The van der Waals surface area contributed by atoms with E-state index in [-0.39, 0.29) is 12.1 Å². The zero-order valence-electron chi connectivity index (χ0n) is 13.5. The molecule has 0 radical (unpaired) electrons. The molecule has 2 aliphatic rings. The van der Waals surface area contributed by atoms with Crippen molar-refractivity contribution in [1.82, 2.24) is 10.2 Å². The van der Waals surface area contributed by atoms with Gasteiger partial charge in [0.05, 0.1) is 6.10 Å². The summed E-state index contributed by atoms with van der Waals surface area (Å²) < 4.78 is 16.6. The van der Waals surface area contributed by atoms with Gasteiger partial charge >= 0.3 is 6.03 Å². The van der Waals surface area contributed by atoms with Crippen molar-refractivity contribution in [2.75, 3.05) is 32.9 Å². The number of hydrogen-bond acceptors (Lipinski definition) is 4. The van der Waals surface area contributed by atoms with Gasteiger partial charge in [0.25, 0.3) is 0 Å². The molecule has 2 amide bonds. The minimum absolute atomic E-state index is 0.0575. The number of carbonyl (C=O) groups excluding carboxylic acids is 1. The van der Waals surface area contributed by atoms with Crippen LogP contribution in [0.5, 0.6) is 11.5 Å². The molecule has 1 saturated heterocycles. The van der Waals surface area contributed by atoms with Crippen LogP contribution in [0.15, 0.2) is 18.2 Å². The van der Waals surface area contributed by atoms with Crippen LogP contribution in [0.3, 0.4) is 0 Å². The fraction of sp³-hybridized carbons (Fsp3) is 0.588. The molecule has 0 aliphatic carbocycles. The molecule has 0 aromatic heterocycles. The maximum Gasteiger partial charge on any atom is 0.317 e. The van der Waals surface area contributed by atoms with E-state index in [4.69, 9.17) is 14.2 Å². The van der Waals surface area contributed by atoms with Crippen molar-refractivity contribution in [2.24, 2.45) is 0 Å². The first-order valence-corrected chi connectivity index (χ1v) is 8.29. The first-order chi connectivity index (χ1) is 11.3. The van der Waals surface area contributed by atoms with E-state index in [9.17, 15) is 4.79 Å². The van der Waals surface area contributed by atoms with Gasteiger partial charge in [0, 0.05) is 26.2 Å².